The number of pyridine rings is 1. The molecule has 1 saturated carbocycles. The van der Waals surface area contributed by atoms with Crippen LogP contribution >= 0.6 is 0 Å². The van der Waals surface area contributed by atoms with Crippen LogP contribution in [0.3, 0.4) is 0 Å². The smallest absolute Gasteiger partial charge is 0.270 e. The molecule has 0 unspecified atom stereocenters. The van der Waals surface area contributed by atoms with E-state index >= 15 is 0 Å². The Morgan fingerprint density at radius 1 is 1.38 bits per heavy atom. The van der Waals surface area contributed by atoms with Crippen LogP contribution in [0.4, 0.5) is 14.6 Å². The minimum Gasteiger partial charge on any atom is -0.366 e. The van der Waals surface area contributed by atoms with E-state index in [4.69, 9.17) is 4.74 Å². The normalized spacial score (nSPS) is 28.2. The molecule has 0 bridgehead atoms. The van der Waals surface area contributed by atoms with Gasteiger partial charge in [-0.15, -0.1) is 0 Å². The first kappa shape index (κ1) is 21.0. The third-order valence-corrected chi connectivity index (χ3v) is 6.88. The number of nitrogens with one attached hydrogen (secondary N) is 1. The van der Waals surface area contributed by atoms with Gasteiger partial charge >= 0.3 is 0 Å². The van der Waals surface area contributed by atoms with Gasteiger partial charge in [0, 0.05) is 37.8 Å². The Balaban J connectivity index is 1.32. The summed E-state index contributed by atoms with van der Waals surface area (Å²) >= 11 is 0. The molecule has 2 aromatic rings. The fourth-order valence-electron chi connectivity index (χ4n) is 4.48. The molecule has 5 rings (SSSR count). The molecule has 1 fully saturated rings. The first-order valence-electron chi connectivity index (χ1n) is 10.8. The molecular weight excluding hydrogens is 420 g/mol. The van der Waals surface area contributed by atoms with Crippen molar-refractivity contribution in [1.82, 2.24) is 20.1 Å². The Kier molecular flexibility index (Phi) is 4.63. The fourth-order valence-corrected chi connectivity index (χ4v) is 4.48. The summed E-state index contributed by atoms with van der Waals surface area (Å²) in [5, 5.41) is 7.08. The van der Waals surface area contributed by atoms with Crippen LogP contribution in [0.25, 0.3) is 0 Å². The molecular formula is C22H25F2N5O3. The highest BCUT2D eigenvalue weighted by Crippen LogP contribution is 2.55. The highest BCUT2D eigenvalue weighted by molar-refractivity contribution is 6.01. The zero-order valence-electron chi connectivity index (χ0n) is 18.2. The van der Waals surface area contributed by atoms with Gasteiger partial charge in [-0.3, -0.25) is 19.5 Å². The van der Waals surface area contributed by atoms with Gasteiger partial charge in [-0.1, -0.05) is 6.92 Å². The van der Waals surface area contributed by atoms with Crippen molar-refractivity contribution in [1.29, 1.82) is 0 Å². The predicted octanol–water partition coefficient (Wildman–Crippen LogP) is 2.72. The number of anilines is 1. The van der Waals surface area contributed by atoms with Crippen LogP contribution in [-0.4, -0.2) is 45.6 Å². The van der Waals surface area contributed by atoms with Gasteiger partial charge in [-0.05, 0) is 31.4 Å². The molecule has 0 radical (unpaired) electrons. The topological polar surface area (TPSA) is 89.3 Å². The summed E-state index contributed by atoms with van der Waals surface area (Å²) in [5.74, 6) is -3.92. The molecule has 0 spiro atoms. The Labute approximate surface area is 183 Å². The summed E-state index contributed by atoms with van der Waals surface area (Å²) in [6, 6.07) is 2.50. The third kappa shape index (κ3) is 3.28. The Bertz CT molecular complexity index is 1120. The lowest BCUT2D eigenvalue weighted by Crippen LogP contribution is -2.47. The summed E-state index contributed by atoms with van der Waals surface area (Å²) in [6.07, 6.45) is 2.49. The van der Waals surface area contributed by atoms with Crippen molar-refractivity contribution in [2.24, 2.45) is 0 Å². The van der Waals surface area contributed by atoms with Gasteiger partial charge < -0.3 is 10.1 Å². The lowest BCUT2D eigenvalue weighted by Gasteiger charge is -2.23. The Morgan fingerprint density at radius 2 is 2.12 bits per heavy atom. The number of fused-ring (bicyclic) bond motifs is 2. The molecule has 4 heterocycles. The van der Waals surface area contributed by atoms with Crippen molar-refractivity contribution in [2.75, 3.05) is 11.9 Å². The summed E-state index contributed by atoms with van der Waals surface area (Å²) in [4.78, 5) is 31.6. The first-order valence-corrected chi connectivity index (χ1v) is 10.8. The highest BCUT2D eigenvalue weighted by atomic mass is 19.3. The SMILES string of the molecule is CC[C@]1(C)OCc2cnc(C(=O)N[C@H]3CCn4nc([C@H]5CC5(F)F)cc4N(C)C3=O)cc21. The number of aryl methyl sites for hydroxylation is 1. The van der Waals surface area contributed by atoms with Crippen LogP contribution in [0.15, 0.2) is 18.3 Å². The fraction of sp³-hybridized carbons (Fsp3) is 0.545. The molecule has 1 aliphatic carbocycles. The van der Waals surface area contributed by atoms with Gasteiger partial charge in [0.1, 0.15) is 17.6 Å². The van der Waals surface area contributed by atoms with E-state index in [0.29, 0.717) is 31.1 Å². The zero-order chi connectivity index (χ0) is 22.8. The Morgan fingerprint density at radius 3 is 2.81 bits per heavy atom. The van der Waals surface area contributed by atoms with Gasteiger partial charge in [0.25, 0.3) is 17.7 Å². The van der Waals surface area contributed by atoms with Crippen molar-refractivity contribution >= 4 is 17.6 Å². The molecule has 10 heteroatoms. The number of ether oxygens (including phenoxy) is 1. The second kappa shape index (κ2) is 7.06. The van der Waals surface area contributed by atoms with E-state index < -0.39 is 29.4 Å². The standard InChI is InChI=1S/C22H25F2N5O3/c1-4-21(2)13-7-17(25-10-12(13)11-32-21)19(30)26-15-5-6-29-18(28(3)20(15)31)8-16(27-29)14-9-22(14,23)24/h7-8,10,14-15H,4-6,9,11H2,1-3H3,(H,26,30)/t14-,15+,21+/m1/s1. The van der Waals surface area contributed by atoms with E-state index in [1.165, 1.54) is 4.90 Å². The molecule has 170 valence electrons. The predicted molar refractivity (Wildman–Crippen MR) is 110 cm³/mol. The van der Waals surface area contributed by atoms with Gasteiger partial charge in [0.2, 0.25) is 0 Å². The van der Waals surface area contributed by atoms with Gasteiger partial charge in [-0.2, -0.15) is 5.10 Å². The average molecular weight is 445 g/mol. The maximum atomic E-state index is 13.4. The number of rotatable bonds is 4. The van der Waals surface area contributed by atoms with Crippen molar-refractivity contribution in [3.63, 3.8) is 0 Å². The van der Waals surface area contributed by atoms with Crippen LogP contribution in [0, 0.1) is 0 Å². The minimum absolute atomic E-state index is 0.213. The monoisotopic (exact) mass is 445 g/mol. The number of halogens is 2. The maximum Gasteiger partial charge on any atom is 0.270 e. The lowest BCUT2D eigenvalue weighted by molar-refractivity contribution is -0.120. The van der Waals surface area contributed by atoms with Crippen molar-refractivity contribution in [2.45, 2.75) is 69.7 Å². The van der Waals surface area contributed by atoms with Crippen LogP contribution in [0.5, 0.6) is 0 Å². The molecule has 32 heavy (non-hydrogen) atoms. The van der Waals surface area contributed by atoms with Crippen LogP contribution in [0.2, 0.25) is 0 Å². The number of amides is 2. The highest BCUT2D eigenvalue weighted by Gasteiger charge is 2.59. The largest absolute Gasteiger partial charge is 0.366 e. The third-order valence-electron chi connectivity index (χ3n) is 6.88. The van der Waals surface area contributed by atoms with Crippen LogP contribution in [0.1, 0.15) is 66.3 Å². The van der Waals surface area contributed by atoms with Gasteiger partial charge in [0.15, 0.2) is 0 Å². The zero-order valence-corrected chi connectivity index (χ0v) is 18.2. The lowest BCUT2D eigenvalue weighted by atomic mass is 9.92. The number of carbonyl (C=O) groups is 2. The van der Waals surface area contributed by atoms with E-state index in [1.807, 2.05) is 13.8 Å². The number of nitrogens with zero attached hydrogens (tertiary/aromatic N) is 4. The molecule has 1 N–H and O–H groups in total. The number of hydrogen-bond acceptors (Lipinski definition) is 5. The molecule has 0 saturated heterocycles. The van der Waals surface area contributed by atoms with E-state index in [-0.39, 0.29) is 18.0 Å². The molecule has 2 aliphatic heterocycles. The van der Waals surface area contributed by atoms with E-state index in [2.05, 4.69) is 15.4 Å². The van der Waals surface area contributed by atoms with Crippen molar-refractivity contribution in [3.05, 3.63) is 40.8 Å². The van der Waals surface area contributed by atoms with Crippen molar-refractivity contribution in [3.8, 4) is 0 Å². The molecule has 3 atom stereocenters. The summed E-state index contributed by atoms with van der Waals surface area (Å²) < 4.78 is 34.3. The molecule has 2 amide bonds. The van der Waals surface area contributed by atoms with Gasteiger partial charge in [-0.25, -0.2) is 13.5 Å². The average Bonchev–Trinajstić information content (AvgIpc) is 3.12. The van der Waals surface area contributed by atoms with Crippen LogP contribution in [-0.2, 0) is 28.3 Å². The molecule has 8 nitrogen and oxygen atoms in total. The molecule has 2 aromatic heterocycles. The summed E-state index contributed by atoms with van der Waals surface area (Å²) in [5.41, 5.74) is 1.96. The maximum absolute atomic E-state index is 13.4. The van der Waals surface area contributed by atoms with Crippen LogP contribution < -0.4 is 10.2 Å². The van der Waals surface area contributed by atoms with E-state index in [1.54, 1.807) is 30.1 Å². The first-order chi connectivity index (χ1) is 15.1. The van der Waals surface area contributed by atoms with Gasteiger partial charge in [0.05, 0.1) is 23.8 Å². The summed E-state index contributed by atoms with van der Waals surface area (Å²) in [6.45, 7) is 4.79. The number of carbonyl (C=O) groups excluding carboxylic acids is 2. The number of alkyl halides is 2. The van der Waals surface area contributed by atoms with E-state index in [9.17, 15) is 18.4 Å². The quantitative estimate of drug-likeness (QED) is 0.782. The second-order valence-electron chi connectivity index (χ2n) is 8.98. The van der Waals surface area contributed by atoms with Crippen molar-refractivity contribution < 1.29 is 23.1 Å². The van der Waals surface area contributed by atoms with E-state index in [0.717, 1.165) is 17.5 Å². The molecule has 0 aromatic carbocycles. The second-order valence-corrected chi connectivity index (χ2v) is 8.98. The summed E-state index contributed by atoms with van der Waals surface area (Å²) in [7, 11) is 1.56. The Hall–Kier alpha value is -2.88. The molecule has 3 aliphatic rings. The minimum atomic E-state index is -2.72. The number of aromatic nitrogens is 3. The number of hydrogen-bond donors (Lipinski definition) is 1. The number of likely N-dealkylation sites (N-methyl/N-ethyl adjacent to an activating group) is 1.